The molecule has 0 bridgehead atoms. The van der Waals surface area contributed by atoms with Gasteiger partial charge in [0.1, 0.15) is 0 Å². The van der Waals surface area contributed by atoms with Gasteiger partial charge in [0.25, 0.3) is 0 Å². The summed E-state index contributed by atoms with van der Waals surface area (Å²) >= 11 is 0. The number of rotatable bonds is 6. The number of nitrogens with two attached hydrogens (primary N) is 1. The van der Waals surface area contributed by atoms with Crippen molar-refractivity contribution in [3.8, 4) is 0 Å². The van der Waals surface area contributed by atoms with Gasteiger partial charge < -0.3 is 15.6 Å². The van der Waals surface area contributed by atoms with Gasteiger partial charge in [0, 0.05) is 12.6 Å². The highest BCUT2D eigenvalue weighted by atomic mass is 16.5. The van der Waals surface area contributed by atoms with Crippen molar-refractivity contribution in [1.82, 2.24) is 0 Å². The maximum absolute atomic E-state index is 9.08. The summed E-state index contributed by atoms with van der Waals surface area (Å²) in [6.45, 7) is 4.92. The van der Waals surface area contributed by atoms with E-state index in [9.17, 15) is 0 Å². The third-order valence-electron chi connectivity index (χ3n) is 2.42. The lowest BCUT2D eigenvalue weighted by atomic mass is 10.1. The van der Waals surface area contributed by atoms with Gasteiger partial charge in [0.05, 0.1) is 12.7 Å². The van der Waals surface area contributed by atoms with Crippen LogP contribution < -0.4 is 5.73 Å². The molecule has 0 radical (unpaired) electrons. The number of aliphatic hydroxyl groups excluding tert-OH is 1. The van der Waals surface area contributed by atoms with Crippen LogP contribution >= 0.6 is 0 Å². The molecule has 1 fully saturated rings. The summed E-state index contributed by atoms with van der Waals surface area (Å²) in [5, 5.41) is 9.08. The molecule has 0 heterocycles. The van der Waals surface area contributed by atoms with Gasteiger partial charge in [-0.1, -0.05) is 13.8 Å². The molecule has 3 nitrogen and oxygen atoms in total. The molecule has 13 heavy (non-hydrogen) atoms. The van der Waals surface area contributed by atoms with Gasteiger partial charge in [-0.25, -0.2) is 0 Å². The second-order valence-electron chi connectivity index (χ2n) is 4.36. The average Bonchev–Trinajstić information content (AvgIpc) is 2.86. The lowest BCUT2D eigenvalue weighted by Gasteiger charge is -2.23. The van der Waals surface area contributed by atoms with Gasteiger partial charge in [0.2, 0.25) is 0 Å². The van der Waals surface area contributed by atoms with E-state index in [0.717, 1.165) is 0 Å². The first-order chi connectivity index (χ1) is 6.15. The van der Waals surface area contributed by atoms with Crippen molar-refractivity contribution in [3.63, 3.8) is 0 Å². The SMILES string of the molecule is CC(C)COC(CO)C(N)C1CC1. The molecule has 1 aliphatic rings. The Labute approximate surface area is 80.3 Å². The van der Waals surface area contributed by atoms with Crippen molar-refractivity contribution >= 4 is 0 Å². The quantitative estimate of drug-likeness (QED) is 0.645. The number of hydrogen-bond donors (Lipinski definition) is 2. The van der Waals surface area contributed by atoms with Gasteiger partial charge in [-0.2, -0.15) is 0 Å². The highest BCUT2D eigenvalue weighted by Gasteiger charge is 2.34. The molecular weight excluding hydrogens is 166 g/mol. The Morgan fingerprint density at radius 2 is 2.08 bits per heavy atom. The number of aliphatic hydroxyl groups is 1. The summed E-state index contributed by atoms with van der Waals surface area (Å²) in [4.78, 5) is 0. The van der Waals surface area contributed by atoms with Crippen LogP contribution in [0.2, 0.25) is 0 Å². The van der Waals surface area contributed by atoms with E-state index < -0.39 is 0 Å². The minimum absolute atomic E-state index is 0.0312. The molecule has 2 unspecified atom stereocenters. The largest absolute Gasteiger partial charge is 0.394 e. The third kappa shape index (κ3) is 3.63. The van der Waals surface area contributed by atoms with Gasteiger partial charge in [-0.05, 0) is 24.7 Å². The molecule has 1 saturated carbocycles. The lowest BCUT2D eigenvalue weighted by Crippen LogP contribution is -2.41. The Hall–Kier alpha value is -0.120. The van der Waals surface area contributed by atoms with Crippen LogP contribution in [0.25, 0.3) is 0 Å². The first-order valence-electron chi connectivity index (χ1n) is 5.13. The lowest BCUT2D eigenvalue weighted by molar-refractivity contribution is -0.0177. The number of ether oxygens (including phenoxy) is 1. The van der Waals surface area contributed by atoms with E-state index in [1.165, 1.54) is 12.8 Å². The summed E-state index contributed by atoms with van der Waals surface area (Å²) in [7, 11) is 0. The molecule has 1 aliphatic carbocycles. The van der Waals surface area contributed by atoms with E-state index >= 15 is 0 Å². The highest BCUT2D eigenvalue weighted by Crippen LogP contribution is 2.33. The Kier molecular flexibility index (Phi) is 4.16. The molecule has 78 valence electrons. The minimum atomic E-state index is -0.158. The summed E-state index contributed by atoms with van der Waals surface area (Å²) in [6, 6.07) is 0.0312. The predicted molar refractivity (Wildman–Crippen MR) is 52.4 cm³/mol. The summed E-state index contributed by atoms with van der Waals surface area (Å²) in [5.74, 6) is 1.09. The van der Waals surface area contributed by atoms with E-state index in [4.69, 9.17) is 15.6 Å². The predicted octanol–water partition coefficient (Wildman–Crippen LogP) is 0.757. The molecule has 0 aromatic heterocycles. The zero-order chi connectivity index (χ0) is 9.84. The first kappa shape index (κ1) is 11.0. The Morgan fingerprint density at radius 1 is 1.46 bits per heavy atom. The number of hydrogen-bond acceptors (Lipinski definition) is 3. The van der Waals surface area contributed by atoms with E-state index in [1.54, 1.807) is 0 Å². The molecule has 1 rings (SSSR count). The second kappa shape index (κ2) is 4.94. The normalized spacial score (nSPS) is 21.9. The monoisotopic (exact) mass is 187 g/mol. The maximum Gasteiger partial charge on any atom is 0.0958 e. The fourth-order valence-electron chi connectivity index (χ4n) is 1.39. The molecule has 0 aromatic rings. The summed E-state index contributed by atoms with van der Waals surface area (Å²) in [5.41, 5.74) is 5.93. The van der Waals surface area contributed by atoms with Crippen molar-refractivity contribution in [2.75, 3.05) is 13.2 Å². The van der Waals surface area contributed by atoms with Gasteiger partial charge >= 0.3 is 0 Å². The van der Waals surface area contributed by atoms with Gasteiger partial charge in [0.15, 0.2) is 0 Å². The summed E-state index contributed by atoms with van der Waals surface area (Å²) in [6.07, 6.45) is 2.24. The molecular formula is C10H21NO2. The Morgan fingerprint density at radius 3 is 2.46 bits per heavy atom. The standard InChI is InChI=1S/C10H21NO2/c1-7(2)6-13-9(5-12)10(11)8-3-4-8/h7-10,12H,3-6,11H2,1-2H3. The van der Waals surface area contributed by atoms with E-state index in [0.29, 0.717) is 18.4 Å². The topological polar surface area (TPSA) is 55.5 Å². The third-order valence-corrected chi connectivity index (χ3v) is 2.42. The zero-order valence-corrected chi connectivity index (χ0v) is 8.57. The van der Waals surface area contributed by atoms with Crippen LogP contribution in [0.5, 0.6) is 0 Å². The van der Waals surface area contributed by atoms with E-state index in [2.05, 4.69) is 13.8 Å². The van der Waals surface area contributed by atoms with Crippen LogP contribution in [-0.2, 0) is 4.74 Å². The van der Waals surface area contributed by atoms with Crippen molar-refractivity contribution in [2.45, 2.75) is 38.8 Å². The minimum Gasteiger partial charge on any atom is -0.394 e. The van der Waals surface area contributed by atoms with Crippen molar-refractivity contribution < 1.29 is 9.84 Å². The molecule has 0 amide bonds. The van der Waals surface area contributed by atoms with Crippen LogP contribution in [0.1, 0.15) is 26.7 Å². The molecule has 3 N–H and O–H groups in total. The second-order valence-corrected chi connectivity index (χ2v) is 4.36. The maximum atomic E-state index is 9.08. The molecule has 0 saturated heterocycles. The molecule has 2 atom stereocenters. The molecule has 0 aliphatic heterocycles. The van der Waals surface area contributed by atoms with Crippen LogP contribution in [0.3, 0.4) is 0 Å². The van der Waals surface area contributed by atoms with Crippen molar-refractivity contribution in [1.29, 1.82) is 0 Å². The zero-order valence-electron chi connectivity index (χ0n) is 8.57. The first-order valence-corrected chi connectivity index (χ1v) is 5.13. The molecule has 3 heteroatoms. The highest BCUT2D eigenvalue weighted by molar-refractivity contribution is 4.89. The van der Waals surface area contributed by atoms with E-state index in [-0.39, 0.29) is 18.8 Å². The van der Waals surface area contributed by atoms with Crippen molar-refractivity contribution in [3.05, 3.63) is 0 Å². The van der Waals surface area contributed by atoms with Gasteiger partial charge in [-0.15, -0.1) is 0 Å². The van der Waals surface area contributed by atoms with Crippen LogP contribution in [0.4, 0.5) is 0 Å². The smallest absolute Gasteiger partial charge is 0.0958 e. The van der Waals surface area contributed by atoms with Crippen LogP contribution in [0.15, 0.2) is 0 Å². The Bertz CT molecular complexity index is 146. The average molecular weight is 187 g/mol. The van der Waals surface area contributed by atoms with Crippen molar-refractivity contribution in [2.24, 2.45) is 17.6 Å². The van der Waals surface area contributed by atoms with Crippen LogP contribution in [-0.4, -0.2) is 30.5 Å². The molecule has 0 aromatic carbocycles. The Balaban J connectivity index is 2.24. The summed E-state index contributed by atoms with van der Waals surface area (Å²) < 4.78 is 5.54. The van der Waals surface area contributed by atoms with E-state index in [1.807, 2.05) is 0 Å². The van der Waals surface area contributed by atoms with Gasteiger partial charge in [-0.3, -0.25) is 0 Å². The fraction of sp³-hybridized carbons (Fsp3) is 1.00. The van der Waals surface area contributed by atoms with Crippen LogP contribution in [0, 0.1) is 11.8 Å². The molecule has 0 spiro atoms. The fourth-order valence-corrected chi connectivity index (χ4v) is 1.39.